The summed E-state index contributed by atoms with van der Waals surface area (Å²) in [4.78, 5) is 2.24. The Morgan fingerprint density at radius 2 is 2.33 bits per heavy atom. The van der Waals surface area contributed by atoms with Gasteiger partial charge in [0.25, 0.3) is 0 Å². The molecule has 0 unspecified atom stereocenters. The summed E-state index contributed by atoms with van der Waals surface area (Å²) in [7, 11) is 4.07. The monoisotopic (exact) mass is 211 g/mol. The van der Waals surface area contributed by atoms with Crippen molar-refractivity contribution in [3.63, 3.8) is 0 Å². The van der Waals surface area contributed by atoms with Crippen molar-refractivity contribution in [2.24, 2.45) is 0 Å². The normalized spacial score (nSPS) is 11.2. The lowest BCUT2D eigenvalue weighted by Gasteiger charge is -2.15. The molecule has 86 valence electrons. The Balaban J connectivity index is 2.44. The molecular weight excluding hydrogens is 190 g/mol. The number of hydrogen-bond donors (Lipinski definition) is 1. The van der Waals surface area contributed by atoms with Gasteiger partial charge in [0.1, 0.15) is 12.2 Å². The minimum Gasteiger partial charge on any atom is -0.318 e. The molecule has 0 aliphatic carbocycles. The van der Waals surface area contributed by atoms with Crippen molar-refractivity contribution in [3.8, 4) is 0 Å². The summed E-state index contributed by atoms with van der Waals surface area (Å²) < 4.78 is 2.12. The van der Waals surface area contributed by atoms with E-state index in [0.29, 0.717) is 0 Å². The molecule has 5 heteroatoms. The number of rotatable bonds is 7. The molecule has 1 rings (SSSR count). The van der Waals surface area contributed by atoms with Gasteiger partial charge in [-0.25, -0.2) is 0 Å². The number of likely N-dealkylation sites (N-methyl/N-ethyl adjacent to an activating group) is 2. The zero-order valence-electron chi connectivity index (χ0n) is 9.90. The number of aromatic nitrogens is 3. The molecule has 15 heavy (non-hydrogen) atoms. The molecule has 0 aliphatic heterocycles. The molecule has 0 aromatic carbocycles. The average Bonchev–Trinajstić information content (AvgIpc) is 2.63. The first-order valence-corrected chi connectivity index (χ1v) is 5.47. The Hall–Kier alpha value is -0.940. The zero-order chi connectivity index (χ0) is 11.1. The predicted octanol–water partition coefficient (Wildman–Crippen LogP) is 0.339. The number of hydrogen-bond acceptors (Lipinski definition) is 4. The maximum absolute atomic E-state index is 4.13. The summed E-state index contributed by atoms with van der Waals surface area (Å²) in [5.74, 6) is 1.05. The highest BCUT2D eigenvalue weighted by atomic mass is 15.3. The summed E-state index contributed by atoms with van der Waals surface area (Å²) in [6, 6.07) is 0. The van der Waals surface area contributed by atoms with E-state index in [0.717, 1.165) is 38.4 Å². The summed E-state index contributed by atoms with van der Waals surface area (Å²) in [6.07, 6.45) is 2.93. The van der Waals surface area contributed by atoms with Gasteiger partial charge >= 0.3 is 0 Å². The van der Waals surface area contributed by atoms with Crippen molar-refractivity contribution in [1.29, 1.82) is 0 Å². The van der Waals surface area contributed by atoms with Crippen molar-refractivity contribution >= 4 is 0 Å². The highest BCUT2D eigenvalue weighted by Crippen LogP contribution is 2.00. The van der Waals surface area contributed by atoms with Gasteiger partial charge in [0.2, 0.25) is 0 Å². The fourth-order valence-electron chi connectivity index (χ4n) is 1.45. The van der Waals surface area contributed by atoms with Crippen LogP contribution in [0.4, 0.5) is 0 Å². The van der Waals surface area contributed by atoms with Crippen molar-refractivity contribution < 1.29 is 0 Å². The maximum Gasteiger partial charge on any atom is 0.146 e. The molecule has 1 aromatic heterocycles. The molecule has 0 aliphatic rings. The van der Waals surface area contributed by atoms with E-state index in [1.807, 2.05) is 13.4 Å². The first-order valence-electron chi connectivity index (χ1n) is 5.47. The zero-order valence-corrected chi connectivity index (χ0v) is 9.90. The van der Waals surface area contributed by atoms with Crippen LogP contribution in [0, 0.1) is 0 Å². The van der Waals surface area contributed by atoms with Crippen LogP contribution in [0.2, 0.25) is 0 Å². The lowest BCUT2D eigenvalue weighted by Crippen LogP contribution is -2.28. The largest absolute Gasteiger partial charge is 0.318 e. The van der Waals surface area contributed by atoms with E-state index < -0.39 is 0 Å². The van der Waals surface area contributed by atoms with E-state index >= 15 is 0 Å². The summed E-state index contributed by atoms with van der Waals surface area (Å²) in [6.45, 7) is 6.05. The molecular formula is C10H21N5. The maximum atomic E-state index is 4.13. The van der Waals surface area contributed by atoms with E-state index in [4.69, 9.17) is 0 Å². The Kier molecular flexibility index (Phi) is 5.28. The van der Waals surface area contributed by atoms with E-state index in [2.05, 4.69) is 39.0 Å². The van der Waals surface area contributed by atoms with Gasteiger partial charge in [-0.15, -0.1) is 10.2 Å². The van der Waals surface area contributed by atoms with Gasteiger partial charge < -0.3 is 9.88 Å². The Morgan fingerprint density at radius 1 is 1.53 bits per heavy atom. The van der Waals surface area contributed by atoms with E-state index in [-0.39, 0.29) is 0 Å². The van der Waals surface area contributed by atoms with Crippen LogP contribution in [0.15, 0.2) is 6.33 Å². The van der Waals surface area contributed by atoms with E-state index in [1.165, 1.54) is 0 Å². The SMILES string of the molecule is CCCn1cnnc1CN(C)CCNC. The third-order valence-corrected chi connectivity index (χ3v) is 2.32. The molecule has 0 atom stereocenters. The highest BCUT2D eigenvalue weighted by Gasteiger charge is 2.06. The minimum absolute atomic E-state index is 0.863. The van der Waals surface area contributed by atoms with Crippen LogP contribution in [-0.4, -0.2) is 46.8 Å². The van der Waals surface area contributed by atoms with Crippen LogP contribution in [-0.2, 0) is 13.1 Å². The van der Waals surface area contributed by atoms with Gasteiger partial charge in [0, 0.05) is 19.6 Å². The van der Waals surface area contributed by atoms with Crippen LogP contribution in [0.1, 0.15) is 19.2 Å². The number of aryl methyl sites for hydroxylation is 1. The first-order chi connectivity index (χ1) is 7.27. The van der Waals surface area contributed by atoms with Crippen LogP contribution >= 0.6 is 0 Å². The smallest absolute Gasteiger partial charge is 0.146 e. The Bertz CT molecular complexity index is 271. The summed E-state index contributed by atoms with van der Waals surface area (Å²) in [5.41, 5.74) is 0. The predicted molar refractivity (Wildman–Crippen MR) is 60.6 cm³/mol. The van der Waals surface area contributed by atoms with Gasteiger partial charge in [-0.1, -0.05) is 6.92 Å². The lowest BCUT2D eigenvalue weighted by atomic mass is 10.4. The van der Waals surface area contributed by atoms with Crippen molar-refractivity contribution in [2.75, 3.05) is 27.2 Å². The third-order valence-electron chi connectivity index (χ3n) is 2.32. The van der Waals surface area contributed by atoms with Crippen molar-refractivity contribution in [2.45, 2.75) is 26.4 Å². The Labute approximate surface area is 91.5 Å². The van der Waals surface area contributed by atoms with Gasteiger partial charge in [-0.2, -0.15) is 0 Å². The standard InChI is InChI=1S/C10H21N5/c1-4-6-15-9-12-13-10(15)8-14(3)7-5-11-2/h9,11H,4-8H2,1-3H3. The number of nitrogens with zero attached hydrogens (tertiary/aromatic N) is 4. The highest BCUT2D eigenvalue weighted by molar-refractivity contribution is 4.85. The topological polar surface area (TPSA) is 46.0 Å². The second-order valence-electron chi connectivity index (χ2n) is 3.78. The van der Waals surface area contributed by atoms with E-state index in [9.17, 15) is 0 Å². The molecule has 1 aromatic rings. The van der Waals surface area contributed by atoms with Crippen LogP contribution < -0.4 is 5.32 Å². The second kappa shape index (κ2) is 6.53. The number of nitrogens with one attached hydrogen (secondary N) is 1. The van der Waals surface area contributed by atoms with Crippen molar-refractivity contribution in [3.05, 3.63) is 12.2 Å². The Morgan fingerprint density at radius 3 is 3.00 bits per heavy atom. The van der Waals surface area contributed by atoms with Crippen LogP contribution in [0.5, 0.6) is 0 Å². The molecule has 0 saturated heterocycles. The minimum atomic E-state index is 0.863. The van der Waals surface area contributed by atoms with Crippen LogP contribution in [0.25, 0.3) is 0 Å². The summed E-state index contributed by atoms with van der Waals surface area (Å²) in [5, 5.41) is 11.2. The molecule has 0 radical (unpaired) electrons. The average molecular weight is 211 g/mol. The molecule has 1 N–H and O–H groups in total. The summed E-state index contributed by atoms with van der Waals surface area (Å²) >= 11 is 0. The fourth-order valence-corrected chi connectivity index (χ4v) is 1.45. The fraction of sp³-hybridized carbons (Fsp3) is 0.800. The van der Waals surface area contributed by atoms with Gasteiger partial charge in [0.15, 0.2) is 0 Å². The van der Waals surface area contributed by atoms with Gasteiger partial charge in [-0.05, 0) is 20.5 Å². The lowest BCUT2D eigenvalue weighted by molar-refractivity contribution is 0.313. The molecule has 0 spiro atoms. The third kappa shape index (κ3) is 3.97. The molecule has 0 bridgehead atoms. The molecule has 0 saturated carbocycles. The van der Waals surface area contributed by atoms with Crippen molar-refractivity contribution in [1.82, 2.24) is 25.0 Å². The first kappa shape index (κ1) is 12.1. The van der Waals surface area contributed by atoms with Gasteiger partial charge in [-0.3, -0.25) is 4.90 Å². The molecule has 0 fully saturated rings. The molecule has 1 heterocycles. The molecule has 5 nitrogen and oxygen atoms in total. The second-order valence-corrected chi connectivity index (χ2v) is 3.78. The van der Waals surface area contributed by atoms with Gasteiger partial charge in [0.05, 0.1) is 6.54 Å². The quantitative estimate of drug-likeness (QED) is 0.706. The van der Waals surface area contributed by atoms with E-state index in [1.54, 1.807) is 0 Å². The van der Waals surface area contributed by atoms with Crippen LogP contribution in [0.3, 0.4) is 0 Å². The molecule has 0 amide bonds.